The summed E-state index contributed by atoms with van der Waals surface area (Å²) < 4.78 is 6.21. The fourth-order valence-electron chi connectivity index (χ4n) is 2.73. The molecular weight excluding hydrogens is 324 g/mol. The number of anilines is 2. The normalized spacial score (nSPS) is 19.2. The van der Waals surface area contributed by atoms with Crippen LogP contribution in [0.1, 0.15) is 23.2 Å². The van der Waals surface area contributed by atoms with Gasteiger partial charge in [-0.25, -0.2) is 0 Å². The molecule has 6 heteroatoms. The molecule has 20 heavy (non-hydrogen) atoms. The average molecular weight is 339 g/mol. The van der Waals surface area contributed by atoms with Gasteiger partial charge in [-0.3, -0.25) is 9.59 Å². The molecule has 106 valence electrons. The number of halogens is 1. The Balaban J connectivity index is 1.87. The van der Waals surface area contributed by atoms with Crippen molar-refractivity contribution in [3.05, 3.63) is 22.2 Å². The molecule has 1 saturated heterocycles. The predicted octanol–water partition coefficient (Wildman–Crippen LogP) is 2.20. The second-order valence-electron chi connectivity index (χ2n) is 5.05. The molecule has 1 amide bonds. The molecule has 0 atom stereocenters. The van der Waals surface area contributed by atoms with Gasteiger partial charge < -0.3 is 15.0 Å². The molecule has 0 unspecified atom stereocenters. The van der Waals surface area contributed by atoms with Crippen LogP contribution in [0.2, 0.25) is 0 Å². The molecule has 2 aliphatic heterocycles. The number of rotatable bonds is 2. The summed E-state index contributed by atoms with van der Waals surface area (Å²) in [5, 5.41) is 2.61. The second kappa shape index (κ2) is 5.18. The van der Waals surface area contributed by atoms with Crippen LogP contribution >= 0.6 is 15.9 Å². The number of carbonyl (C=O) groups is 2. The molecule has 2 heterocycles. The SMILES string of the molecule is COC1CCN(c2cc3c(cc2Br)C(=O)C(=O)N3)CC1. The highest BCUT2D eigenvalue weighted by Gasteiger charge is 2.30. The van der Waals surface area contributed by atoms with Crippen LogP contribution in [0.25, 0.3) is 0 Å². The number of nitrogens with one attached hydrogen (secondary N) is 1. The van der Waals surface area contributed by atoms with E-state index < -0.39 is 11.7 Å². The van der Waals surface area contributed by atoms with Gasteiger partial charge in [0.1, 0.15) is 0 Å². The van der Waals surface area contributed by atoms with Gasteiger partial charge in [0.15, 0.2) is 0 Å². The van der Waals surface area contributed by atoms with E-state index >= 15 is 0 Å². The summed E-state index contributed by atoms with van der Waals surface area (Å²) in [6, 6.07) is 3.60. The van der Waals surface area contributed by atoms with E-state index in [1.165, 1.54) is 0 Å². The van der Waals surface area contributed by atoms with Crippen molar-refractivity contribution in [1.29, 1.82) is 0 Å². The van der Waals surface area contributed by atoms with E-state index in [-0.39, 0.29) is 0 Å². The Bertz CT molecular complexity index is 580. The number of Topliss-reactive ketones (excluding diaryl/α,β-unsaturated/α-hetero) is 1. The fourth-order valence-corrected chi connectivity index (χ4v) is 3.32. The summed E-state index contributed by atoms with van der Waals surface area (Å²) in [5.74, 6) is -1.02. The van der Waals surface area contributed by atoms with Crippen LogP contribution in [0.3, 0.4) is 0 Å². The smallest absolute Gasteiger partial charge is 0.296 e. The Morgan fingerprint density at radius 3 is 2.65 bits per heavy atom. The fraction of sp³-hybridized carbons (Fsp3) is 0.429. The summed E-state index contributed by atoms with van der Waals surface area (Å²) in [6.45, 7) is 1.80. The van der Waals surface area contributed by atoms with Gasteiger partial charge in [-0.15, -0.1) is 0 Å². The standard InChI is InChI=1S/C14H15BrN2O3/c1-20-8-2-4-17(5-3-8)12-7-11-9(6-10(12)15)13(18)14(19)16-11/h6-8H,2-5H2,1H3,(H,16,18,19). The van der Waals surface area contributed by atoms with Crippen molar-refractivity contribution in [2.45, 2.75) is 18.9 Å². The van der Waals surface area contributed by atoms with Crippen molar-refractivity contribution in [2.24, 2.45) is 0 Å². The number of hydrogen-bond acceptors (Lipinski definition) is 4. The van der Waals surface area contributed by atoms with E-state index in [0.717, 1.165) is 36.1 Å². The second-order valence-corrected chi connectivity index (χ2v) is 5.91. The number of ketones is 1. The van der Waals surface area contributed by atoms with Crippen molar-refractivity contribution in [3.8, 4) is 0 Å². The van der Waals surface area contributed by atoms with E-state index in [9.17, 15) is 9.59 Å². The van der Waals surface area contributed by atoms with Crippen molar-refractivity contribution >= 4 is 39.0 Å². The summed E-state index contributed by atoms with van der Waals surface area (Å²) >= 11 is 3.50. The third-order valence-corrected chi connectivity index (χ3v) is 4.54. The highest BCUT2D eigenvalue weighted by Crippen LogP contribution is 2.36. The highest BCUT2D eigenvalue weighted by atomic mass is 79.9. The van der Waals surface area contributed by atoms with E-state index in [0.29, 0.717) is 17.4 Å². The van der Waals surface area contributed by atoms with Gasteiger partial charge in [0.2, 0.25) is 0 Å². The summed E-state index contributed by atoms with van der Waals surface area (Å²) in [7, 11) is 1.74. The maximum Gasteiger partial charge on any atom is 0.296 e. The Morgan fingerprint density at radius 1 is 1.30 bits per heavy atom. The molecule has 1 fully saturated rings. The van der Waals surface area contributed by atoms with Gasteiger partial charge in [-0.2, -0.15) is 0 Å². The molecule has 3 rings (SSSR count). The molecule has 2 aliphatic rings. The first-order valence-electron chi connectivity index (χ1n) is 6.57. The first-order valence-corrected chi connectivity index (χ1v) is 7.36. The lowest BCUT2D eigenvalue weighted by molar-refractivity contribution is -0.112. The van der Waals surface area contributed by atoms with Crippen molar-refractivity contribution in [3.63, 3.8) is 0 Å². The number of ether oxygens (including phenoxy) is 1. The monoisotopic (exact) mass is 338 g/mol. The summed E-state index contributed by atoms with van der Waals surface area (Å²) in [6.07, 6.45) is 2.28. The summed E-state index contributed by atoms with van der Waals surface area (Å²) in [4.78, 5) is 25.3. The van der Waals surface area contributed by atoms with Crippen LogP contribution < -0.4 is 10.2 Å². The van der Waals surface area contributed by atoms with Crippen LogP contribution in [-0.2, 0) is 9.53 Å². The molecule has 0 radical (unpaired) electrons. The van der Waals surface area contributed by atoms with Gasteiger partial charge >= 0.3 is 0 Å². The van der Waals surface area contributed by atoms with Crippen LogP contribution in [0.4, 0.5) is 11.4 Å². The minimum Gasteiger partial charge on any atom is -0.381 e. The lowest BCUT2D eigenvalue weighted by Crippen LogP contribution is -2.36. The first-order chi connectivity index (χ1) is 9.60. The third-order valence-electron chi connectivity index (χ3n) is 3.90. The molecule has 0 aliphatic carbocycles. The van der Waals surface area contributed by atoms with Gasteiger partial charge in [0, 0.05) is 24.7 Å². The van der Waals surface area contributed by atoms with Crippen LogP contribution in [0.5, 0.6) is 0 Å². The van der Waals surface area contributed by atoms with E-state index in [2.05, 4.69) is 26.1 Å². The topological polar surface area (TPSA) is 58.6 Å². The minimum atomic E-state index is -0.554. The van der Waals surface area contributed by atoms with Crippen molar-refractivity contribution in [2.75, 3.05) is 30.4 Å². The van der Waals surface area contributed by atoms with Gasteiger partial charge in [-0.1, -0.05) is 0 Å². The average Bonchev–Trinajstić information content (AvgIpc) is 2.74. The lowest BCUT2D eigenvalue weighted by atomic mass is 10.1. The maximum atomic E-state index is 11.7. The lowest BCUT2D eigenvalue weighted by Gasteiger charge is -2.33. The first kappa shape index (κ1) is 13.6. The van der Waals surface area contributed by atoms with Crippen LogP contribution in [-0.4, -0.2) is 38.0 Å². The number of nitrogens with zero attached hydrogens (tertiary/aromatic N) is 1. The molecule has 1 N–H and O–H groups in total. The summed E-state index contributed by atoms with van der Waals surface area (Å²) in [5.41, 5.74) is 2.05. The number of amides is 1. The Hall–Kier alpha value is -1.40. The molecule has 0 saturated carbocycles. The van der Waals surface area contributed by atoms with Gasteiger partial charge in [0.25, 0.3) is 11.7 Å². The maximum absolute atomic E-state index is 11.7. The van der Waals surface area contributed by atoms with E-state index in [4.69, 9.17) is 4.74 Å². The zero-order valence-electron chi connectivity index (χ0n) is 11.1. The number of methoxy groups -OCH3 is 1. The molecule has 5 nitrogen and oxygen atoms in total. The quantitative estimate of drug-likeness (QED) is 0.840. The molecule has 0 aromatic heterocycles. The van der Waals surface area contributed by atoms with Crippen LogP contribution in [0, 0.1) is 0 Å². The van der Waals surface area contributed by atoms with Crippen molar-refractivity contribution < 1.29 is 14.3 Å². The minimum absolute atomic E-state index is 0.320. The van der Waals surface area contributed by atoms with Crippen molar-refractivity contribution in [1.82, 2.24) is 0 Å². The Morgan fingerprint density at radius 2 is 2.00 bits per heavy atom. The number of piperidine rings is 1. The molecule has 0 bridgehead atoms. The molecule has 0 spiro atoms. The molecule has 1 aromatic carbocycles. The highest BCUT2D eigenvalue weighted by molar-refractivity contribution is 9.10. The number of fused-ring (bicyclic) bond motifs is 1. The largest absolute Gasteiger partial charge is 0.381 e. The number of hydrogen-bond donors (Lipinski definition) is 1. The zero-order valence-corrected chi connectivity index (χ0v) is 12.7. The Labute approximate surface area is 125 Å². The van der Waals surface area contributed by atoms with E-state index in [1.807, 2.05) is 6.07 Å². The molecule has 1 aromatic rings. The zero-order chi connectivity index (χ0) is 14.3. The van der Waals surface area contributed by atoms with Gasteiger partial charge in [-0.05, 0) is 40.9 Å². The third kappa shape index (κ3) is 2.23. The predicted molar refractivity (Wildman–Crippen MR) is 79.3 cm³/mol. The van der Waals surface area contributed by atoms with Crippen LogP contribution in [0.15, 0.2) is 16.6 Å². The molecular formula is C14H15BrN2O3. The van der Waals surface area contributed by atoms with Gasteiger partial charge in [0.05, 0.1) is 23.0 Å². The number of carbonyl (C=O) groups excluding carboxylic acids is 2. The van der Waals surface area contributed by atoms with E-state index in [1.54, 1.807) is 13.2 Å². The number of benzene rings is 1. The Kier molecular flexibility index (Phi) is 3.52.